The molecule has 0 fully saturated rings. The van der Waals surface area contributed by atoms with Crippen molar-refractivity contribution in [3.63, 3.8) is 0 Å². The van der Waals surface area contributed by atoms with Crippen molar-refractivity contribution in [2.45, 2.75) is 12.3 Å². The number of amides is 1. The number of hydrogen-bond donors (Lipinski definition) is 4. The Balaban J connectivity index is 1.97. The SMILES string of the molecule is N#Cc1ccc(NCC(F)(F)c2ccccc2)nc1CC(=O)NCCON=C(N)N. The lowest BCUT2D eigenvalue weighted by atomic mass is 10.1. The number of carbonyl (C=O) groups excluding carboxylic acids is 1. The lowest BCUT2D eigenvalue weighted by Gasteiger charge is -2.18. The number of nitriles is 1. The van der Waals surface area contributed by atoms with Crippen LogP contribution < -0.4 is 22.1 Å². The van der Waals surface area contributed by atoms with Gasteiger partial charge in [0.2, 0.25) is 11.9 Å². The standard InChI is InChI=1S/C19H21F2N7O2/c20-19(21,14-4-2-1-3-5-14)12-26-16-7-6-13(11-22)15(27-16)10-17(29)25-8-9-30-28-18(23)24/h1-7H,8-10,12H2,(H,25,29)(H,26,27)(H4,23,24,28). The van der Waals surface area contributed by atoms with Crippen LogP contribution in [0.4, 0.5) is 14.6 Å². The minimum absolute atomic E-state index is 0.0400. The molecule has 0 unspecified atom stereocenters. The van der Waals surface area contributed by atoms with E-state index < -0.39 is 18.4 Å². The molecule has 0 aliphatic heterocycles. The normalized spacial score (nSPS) is 10.6. The smallest absolute Gasteiger partial charge is 0.290 e. The van der Waals surface area contributed by atoms with E-state index in [1.165, 1.54) is 36.4 Å². The van der Waals surface area contributed by atoms with Gasteiger partial charge >= 0.3 is 0 Å². The predicted octanol–water partition coefficient (Wildman–Crippen LogP) is 1.02. The third kappa shape index (κ3) is 6.90. The van der Waals surface area contributed by atoms with Gasteiger partial charge in [0, 0.05) is 5.56 Å². The fourth-order valence-electron chi connectivity index (χ4n) is 2.39. The van der Waals surface area contributed by atoms with Crippen LogP contribution in [-0.2, 0) is 22.0 Å². The maximum Gasteiger partial charge on any atom is 0.290 e. The van der Waals surface area contributed by atoms with Crippen LogP contribution in [0.3, 0.4) is 0 Å². The highest BCUT2D eigenvalue weighted by Crippen LogP contribution is 2.28. The number of benzene rings is 1. The molecule has 0 aliphatic carbocycles. The van der Waals surface area contributed by atoms with E-state index in [-0.39, 0.29) is 48.2 Å². The van der Waals surface area contributed by atoms with E-state index in [0.717, 1.165) is 0 Å². The number of anilines is 1. The fourth-order valence-corrected chi connectivity index (χ4v) is 2.39. The van der Waals surface area contributed by atoms with Gasteiger partial charge in [0.1, 0.15) is 18.5 Å². The zero-order chi connectivity index (χ0) is 22.0. The van der Waals surface area contributed by atoms with Crippen molar-refractivity contribution >= 4 is 17.7 Å². The third-order valence-corrected chi connectivity index (χ3v) is 3.80. The molecule has 0 atom stereocenters. The summed E-state index contributed by atoms with van der Waals surface area (Å²) < 4.78 is 28.6. The van der Waals surface area contributed by atoms with E-state index in [1.807, 2.05) is 6.07 Å². The molecule has 0 radical (unpaired) electrons. The van der Waals surface area contributed by atoms with Crippen molar-refractivity contribution in [3.8, 4) is 6.07 Å². The summed E-state index contributed by atoms with van der Waals surface area (Å²) in [4.78, 5) is 20.9. The minimum Gasteiger partial charge on any atom is -0.391 e. The Hall–Kier alpha value is -3.94. The lowest BCUT2D eigenvalue weighted by molar-refractivity contribution is -0.120. The van der Waals surface area contributed by atoms with Gasteiger partial charge in [-0.1, -0.05) is 30.3 Å². The number of rotatable bonds is 10. The topological polar surface area (TPSA) is 151 Å². The highest BCUT2D eigenvalue weighted by Gasteiger charge is 2.31. The zero-order valence-corrected chi connectivity index (χ0v) is 15.9. The number of oxime groups is 1. The van der Waals surface area contributed by atoms with Gasteiger partial charge in [-0.15, -0.1) is 0 Å². The van der Waals surface area contributed by atoms with Crippen molar-refractivity contribution in [1.82, 2.24) is 10.3 Å². The van der Waals surface area contributed by atoms with Crippen LogP contribution in [0.5, 0.6) is 0 Å². The fraction of sp³-hybridized carbons (Fsp3) is 0.263. The van der Waals surface area contributed by atoms with Crippen LogP contribution in [0.1, 0.15) is 16.8 Å². The largest absolute Gasteiger partial charge is 0.391 e. The highest BCUT2D eigenvalue weighted by molar-refractivity contribution is 5.79. The van der Waals surface area contributed by atoms with Crippen molar-refractivity contribution in [3.05, 3.63) is 59.3 Å². The van der Waals surface area contributed by atoms with Gasteiger partial charge in [-0.2, -0.15) is 14.0 Å². The Bertz CT molecular complexity index is 926. The Morgan fingerprint density at radius 3 is 2.63 bits per heavy atom. The third-order valence-electron chi connectivity index (χ3n) is 3.80. The van der Waals surface area contributed by atoms with Crippen LogP contribution in [0.15, 0.2) is 47.6 Å². The Morgan fingerprint density at radius 1 is 1.23 bits per heavy atom. The van der Waals surface area contributed by atoms with Crippen LogP contribution in [0, 0.1) is 11.3 Å². The molecule has 0 saturated heterocycles. The summed E-state index contributed by atoms with van der Waals surface area (Å²) in [6.07, 6.45) is -0.213. The molecule has 2 rings (SSSR count). The number of guanidine groups is 1. The summed E-state index contributed by atoms with van der Waals surface area (Å²) in [6.45, 7) is -0.527. The number of aromatic nitrogens is 1. The molecule has 0 aliphatic rings. The van der Waals surface area contributed by atoms with Crippen LogP contribution in [0.25, 0.3) is 0 Å². The summed E-state index contributed by atoms with van der Waals surface area (Å²) >= 11 is 0. The van der Waals surface area contributed by atoms with Gasteiger partial charge in [-0.05, 0) is 17.3 Å². The highest BCUT2D eigenvalue weighted by atomic mass is 19.3. The van der Waals surface area contributed by atoms with E-state index in [1.54, 1.807) is 6.07 Å². The van der Waals surface area contributed by atoms with Gasteiger partial charge < -0.3 is 26.9 Å². The number of pyridine rings is 1. The van der Waals surface area contributed by atoms with E-state index in [4.69, 9.17) is 16.3 Å². The second-order valence-corrected chi connectivity index (χ2v) is 6.10. The van der Waals surface area contributed by atoms with E-state index in [9.17, 15) is 18.8 Å². The first-order valence-electron chi connectivity index (χ1n) is 8.86. The zero-order valence-electron chi connectivity index (χ0n) is 15.9. The second kappa shape index (κ2) is 10.6. The number of alkyl halides is 2. The molecule has 6 N–H and O–H groups in total. The van der Waals surface area contributed by atoms with Crippen molar-refractivity contribution < 1.29 is 18.4 Å². The Kier molecular flexibility index (Phi) is 7.87. The molecular weight excluding hydrogens is 396 g/mol. The predicted molar refractivity (Wildman–Crippen MR) is 106 cm³/mol. The van der Waals surface area contributed by atoms with Crippen molar-refractivity contribution in [1.29, 1.82) is 5.26 Å². The van der Waals surface area contributed by atoms with Gasteiger partial charge in [-0.3, -0.25) is 4.79 Å². The molecule has 1 aromatic carbocycles. The van der Waals surface area contributed by atoms with Crippen LogP contribution >= 0.6 is 0 Å². The van der Waals surface area contributed by atoms with Gasteiger partial charge in [0.25, 0.3) is 5.92 Å². The Morgan fingerprint density at radius 2 is 1.97 bits per heavy atom. The molecule has 0 saturated carbocycles. The van der Waals surface area contributed by atoms with Crippen molar-refractivity contribution in [2.75, 3.05) is 25.0 Å². The summed E-state index contributed by atoms with van der Waals surface area (Å²) in [5, 5.41) is 17.6. The average Bonchev–Trinajstić information content (AvgIpc) is 2.72. The summed E-state index contributed by atoms with van der Waals surface area (Å²) in [5.41, 5.74) is 10.4. The van der Waals surface area contributed by atoms with Crippen molar-refractivity contribution in [2.24, 2.45) is 16.6 Å². The summed E-state index contributed by atoms with van der Waals surface area (Å²) in [7, 11) is 0. The first-order chi connectivity index (χ1) is 14.3. The van der Waals surface area contributed by atoms with E-state index in [0.29, 0.717) is 0 Å². The number of nitrogens with zero attached hydrogens (tertiary/aromatic N) is 3. The van der Waals surface area contributed by atoms with Crippen LogP contribution in [0.2, 0.25) is 0 Å². The van der Waals surface area contributed by atoms with E-state index >= 15 is 0 Å². The molecular formula is C19H21F2N7O2. The first-order valence-corrected chi connectivity index (χ1v) is 8.86. The van der Waals surface area contributed by atoms with Gasteiger partial charge in [-0.25, -0.2) is 4.98 Å². The molecule has 11 heteroatoms. The number of nitrogens with one attached hydrogen (secondary N) is 2. The average molecular weight is 417 g/mol. The Labute approximate surface area is 171 Å². The number of carbonyl (C=O) groups is 1. The minimum atomic E-state index is -3.12. The molecule has 1 amide bonds. The molecule has 158 valence electrons. The monoisotopic (exact) mass is 417 g/mol. The number of halogens is 2. The van der Waals surface area contributed by atoms with Gasteiger partial charge in [0.15, 0.2) is 0 Å². The van der Waals surface area contributed by atoms with Gasteiger partial charge in [0.05, 0.1) is 30.8 Å². The summed E-state index contributed by atoms with van der Waals surface area (Å²) in [5.74, 6) is -3.67. The molecule has 2 aromatic rings. The molecule has 1 aromatic heterocycles. The maximum absolute atomic E-state index is 14.3. The number of nitrogens with two attached hydrogens (primary N) is 2. The summed E-state index contributed by atoms with van der Waals surface area (Å²) in [6, 6.07) is 12.1. The molecule has 0 spiro atoms. The van der Waals surface area contributed by atoms with E-state index in [2.05, 4.69) is 20.8 Å². The first kappa shape index (κ1) is 22.4. The molecule has 9 nitrogen and oxygen atoms in total. The molecule has 1 heterocycles. The number of hydrogen-bond acceptors (Lipinski definition) is 6. The lowest BCUT2D eigenvalue weighted by Crippen LogP contribution is -2.30. The molecule has 0 bridgehead atoms. The second-order valence-electron chi connectivity index (χ2n) is 6.10. The van der Waals surface area contributed by atoms with Crippen LogP contribution in [-0.4, -0.2) is 36.5 Å². The maximum atomic E-state index is 14.3. The molecule has 30 heavy (non-hydrogen) atoms. The quantitative estimate of drug-likeness (QED) is 0.195.